The standard InChI is InChI=1S/C9H16O4/c1-3-9(2)7(11)4-6(5-10)13-8(9)12/h6-7,10-11H,3-5H2,1-2H3/t6-,7-,9-/m1/s1. The number of esters is 1. The Bertz CT molecular complexity index is 204. The molecule has 3 atom stereocenters. The van der Waals surface area contributed by atoms with Gasteiger partial charge in [0.05, 0.1) is 18.1 Å². The van der Waals surface area contributed by atoms with Crippen molar-refractivity contribution in [3.63, 3.8) is 0 Å². The van der Waals surface area contributed by atoms with Gasteiger partial charge in [0, 0.05) is 6.42 Å². The van der Waals surface area contributed by atoms with Gasteiger partial charge in [-0.15, -0.1) is 0 Å². The molecule has 0 bridgehead atoms. The van der Waals surface area contributed by atoms with E-state index in [1.165, 1.54) is 0 Å². The van der Waals surface area contributed by atoms with Crippen LogP contribution in [0.3, 0.4) is 0 Å². The highest BCUT2D eigenvalue weighted by Gasteiger charge is 2.46. The summed E-state index contributed by atoms with van der Waals surface area (Å²) >= 11 is 0. The number of carbonyl (C=O) groups excluding carboxylic acids is 1. The Morgan fingerprint density at radius 1 is 1.69 bits per heavy atom. The van der Waals surface area contributed by atoms with Crippen LogP contribution in [0.2, 0.25) is 0 Å². The van der Waals surface area contributed by atoms with Crippen LogP contribution in [0.5, 0.6) is 0 Å². The lowest BCUT2D eigenvalue weighted by Gasteiger charge is -2.38. The van der Waals surface area contributed by atoms with Crippen LogP contribution in [0.15, 0.2) is 0 Å². The fraction of sp³-hybridized carbons (Fsp3) is 0.889. The highest BCUT2D eigenvalue weighted by molar-refractivity contribution is 5.78. The van der Waals surface area contributed by atoms with Crippen molar-refractivity contribution in [1.82, 2.24) is 0 Å². The van der Waals surface area contributed by atoms with E-state index in [2.05, 4.69) is 0 Å². The number of hydrogen-bond acceptors (Lipinski definition) is 4. The van der Waals surface area contributed by atoms with E-state index in [4.69, 9.17) is 9.84 Å². The molecule has 1 aliphatic heterocycles. The lowest BCUT2D eigenvalue weighted by atomic mass is 9.77. The van der Waals surface area contributed by atoms with Gasteiger partial charge in [-0.3, -0.25) is 4.79 Å². The third-order valence-electron chi connectivity index (χ3n) is 2.90. The molecule has 0 spiro atoms. The number of hydrogen-bond donors (Lipinski definition) is 2. The maximum Gasteiger partial charge on any atom is 0.314 e. The van der Waals surface area contributed by atoms with Crippen LogP contribution < -0.4 is 0 Å². The molecule has 0 amide bonds. The molecule has 0 saturated carbocycles. The molecule has 0 radical (unpaired) electrons. The van der Waals surface area contributed by atoms with Crippen molar-refractivity contribution >= 4 is 5.97 Å². The van der Waals surface area contributed by atoms with Gasteiger partial charge in [0.25, 0.3) is 0 Å². The molecule has 1 aliphatic rings. The summed E-state index contributed by atoms with van der Waals surface area (Å²) in [5.74, 6) is -0.409. The minimum atomic E-state index is -0.800. The van der Waals surface area contributed by atoms with Crippen LogP contribution in [-0.4, -0.2) is 35.0 Å². The van der Waals surface area contributed by atoms with E-state index in [0.29, 0.717) is 12.8 Å². The molecular formula is C9H16O4. The minimum Gasteiger partial charge on any atom is -0.459 e. The van der Waals surface area contributed by atoms with E-state index in [1.807, 2.05) is 6.92 Å². The topological polar surface area (TPSA) is 66.8 Å². The van der Waals surface area contributed by atoms with Crippen LogP contribution in [0.4, 0.5) is 0 Å². The van der Waals surface area contributed by atoms with Crippen molar-refractivity contribution in [3.8, 4) is 0 Å². The quantitative estimate of drug-likeness (QED) is 0.602. The van der Waals surface area contributed by atoms with Gasteiger partial charge >= 0.3 is 5.97 Å². The first kappa shape index (κ1) is 10.5. The highest BCUT2D eigenvalue weighted by Crippen LogP contribution is 2.35. The number of aliphatic hydroxyl groups is 2. The lowest BCUT2D eigenvalue weighted by Crippen LogP contribution is -2.49. The molecule has 4 nitrogen and oxygen atoms in total. The number of rotatable bonds is 2. The maximum absolute atomic E-state index is 11.4. The van der Waals surface area contributed by atoms with Crippen molar-refractivity contribution < 1.29 is 19.7 Å². The molecule has 2 N–H and O–H groups in total. The van der Waals surface area contributed by atoms with Gasteiger partial charge < -0.3 is 14.9 Å². The molecule has 1 rings (SSSR count). The van der Waals surface area contributed by atoms with E-state index in [-0.39, 0.29) is 6.61 Å². The third-order valence-corrected chi connectivity index (χ3v) is 2.90. The van der Waals surface area contributed by atoms with Gasteiger partial charge in [-0.25, -0.2) is 0 Å². The van der Waals surface area contributed by atoms with E-state index in [9.17, 15) is 9.90 Å². The smallest absolute Gasteiger partial charge is 0.314 e. The summed E-state index contributed by atoms with van der Waals surface area (Å²) in [5, 5.41) is 18.5. The third kappa shape index (κ3) is 1.69. The summed E-state index contributed by atoms with van der Waals surface area (Å²) in [5.41, 5.74) is -0.800. The second-order valence-corrected chi connectivity index (χ2v) is 3.73. The second kappa shape index (κ2) is 3.64. The normalized spacial score (nSPS) is 40.2. The predicted molar refractivity (Wildman–Crippen MR) is 46.0 cm³/mol. The molecule has 4 heteroatoms. The van der Waals surface area contributed by atoms with Gasteiger partial charge in [0.15, 0.2) is 0 Å². The monoisotopic (exact) mass is 188 g/mol. The van der Waals surface area contributed by atoms with E-state index < -0.39 is 23.6 Å². The largest absolute Gasteiger partial charge is 0.459 e. The van der Waals surface area contributed by atoms with Crippen LogP contribution >= 0.6 is 0 Å². The van der Waals surface area contributed by atoms with E-state index >= 15 is 0 Å². The Morgan fingerprint density at radius 3 is 2.69 bits per heavy atom. The molecule has 0 aromatic carbocycles. The summed E-state index contributed by atoms with van der Waals surface area (Å²) in [6, 6.07) is 0. The van der Waals surface area contributed by atoms with Crippen LogP contribution in [0.25, 0.3) is 0 Å². The van der Waals surface area contributed by atoms with Gasteiger partial charge in [0.1, 0.15) is 6.10 Å². The van der Waals surface area contributed by atoms with Crippen molar-refractivity contribution in [2.75, 3.05) is 6.61 Å². The Labute approximate surface area is 77.5 Å². The SMILES string of the molecule is CC[C@@]1(C)C(=O)O[C@@H](CO)C[C@H]1O. The summed E-state index contributed by atoms with van der Waals surface area (Å²) in [6.45, 7) is 3.31. The zero-order valence-electron chi connectivity index (χ0n) is 7.99. The highest BCUT2D eigenvalue weighted by atomic mass is 16.6. The van der Waals surface area contributed by atoms with Crippen LogP contribution in [-0.2, 0) is 9.53 Å². The number of ether oxygens (including phenoxy) is 1. The van der Waals surface area contributed by atoms with Crippen molar-refractivity contribution in [2.24, 2.45) is 5.41 Å². The molecule has 0 aliphatic carbocycles. The van der Waals surface area contributed by atoms with Crippen LogP contribution in [0, 0.1) is 5.41 Å². The van der Waals surface area contributed by atoms with Gasteiger partial charge in [-0.2, -0.15) is 0 Å². The summed E-state index contributed by atoms with van der Waals surface area (Å²) < 4.78 is 4.96. The molecule has 76 valence electrons. The first-order chi connectivity index (χ1) is 6.04. The average Bonchev–Trinajstić information content (AvgIpc) is 2.13. The summed E-state index contributed by atoms with van der Waals surface area (Å²) in [6.07, 6.45) is -0.379. The molecule has 1 fully saturated rings. The van der Waals surface area contributed by atoms with Crippen molar-refractivity contribution in [3.05, 3.63) is 0 Å². The number of aliphatic hydroxyl groups excluding tert-OH is 2. The van der Waals surface area contributed by atoms with Crippen LogP contribution in [0.1, 0.15) is 26.7 Å². The molecule has 1 heterocycles. The fourth-order valence-electron chi connectivity index (χ4n) is 1.47. The van der Waals surface area contributed by atoms with Gasteiger partial charge in [-0.05, 0) is 13.3 Å². The van der Waals surface area contributed by atoms with E-state index in [0.717, 1.165) is 0 Å². The Morgan fingerprint density at radius 2 is 2.31 bits per heavy atom. The average molecular weight is 188 g/mol. The first-order valence-corrected chi connectivity index (χ1v) is 4.54. The Balaban J connectivity index is 2.76. The predicted octanol–water partition coefficient (Wildman–Crippen LogP) is 0.0714. The van der Waals surface area contributed by atoms with Crippen molar-refractivity contribution in [1.29, 1.82) is 0 Å². The molecule has 0 aromatic heterocycles. The number of cyclic esters (lactones) is 1. The summed E-state index contributed by atoms with van der Waals surface area (Å²) in [7, 11) is 0. The first-order valence-electron chi connectivity index (χ1n) is 4.54. The molecule has 0 aromatic rings. The summed E-state index contributed by atoms with van der Waals surface area (Å²) in [4.78, 5) is 11.4. The zero-order chi connectivity index (χ0) is 10.1. The molecule has 1 saturated heterocycles. The fourth-order valence-corrected chi connectivity index (χ4v) is 1.47. The molecule has 0 unspecified atom stereocenters. The van der Waals surface area contributed by atoms with Gasteiger partial charge in [0.2, 0.25) is 0 Å². The Hall–Kier alpha value is -0.610. The van der Waals surface area contributed by atoms with Gasteiger partial charge in [-0.1, -0.05) is 6.92 Å². The minimum absolute atomic E-state index is 0.220. The second-order valence-electron chi connectivity index (χ2n) is 3.73. The number of carbonyl (C=O) groups is 1. The molecular weight excluding hydrogens is 172 g/mol. The zero-order valence-corrected chi connectivity index (χ0v) is 7.99. The molecule has 13 heavy (non-hydrogen) atoms. The maximum atomic E-state index is 11.4. The lowest BCUT2D eigenvalue weighted by molar-refractivity contribution is -0.186. The van der Waals surface area contributed by atoms with E-state index in [1.54, 1.807) is 6.92 Å². The Kier molecular flexibility index (Phi) is 2.93. The van der Waals surface area contributed by atoms with Crippen molar-refractivity contribution in [2.45, 2.75) is 38.9 Å².